The molecule has 1 N–H and O–H groups in total. The number of rotatable bonds is 3. The van der Waals surface area contributed by atoms with E-state index in [0.29, 0.717) is 11.3 Å². The lowest BCUT2D eigenvalue weighted by Gasteiger charge is -2.39. The van der Waals surface area contributed by atoms with Gasteiger partial charge in [0.25, 0.3) is 6.47 Å². The van der Waals surface area contributed by atoms with Crippen LogP contribution in [0.2, 0.25) is 0 Å². The van der Waals surface area contributed by atoms with Crippen LogP contribution in [0.3, 0.4) is 0 Å². The molecular formula is C14H22N2O4. The quantitative estimate of drug-likeness (QED) is 0.851. The molecule has 0 saturated carbocycles. The van der Waals surface area contributed by atoms with Gasteiger partial charge in [-0.3, -0.25) is 4.79 Å². The Kier molecular flexibility index (Phi) is 5.14. The molecule has 0 bridgehead atoms. The van der Waals surface area contributed by atoms with Gasteiger partial charge in [-0.1, -0.05) is 6.92 Å². The number of carbonyl (C=O) groups is 1. The van der Waals surface area contributed by atoms with Crippen LogP contribution in [0.1, 0.15) is 31.5 Å². The van der Waals surface area contributed by atoms with Crippen molar-refractivity contribution in [3.63, 3.8) is 0 Å². The number of nitrogens with zero attached hydrogens (tertiary/aromatic N) is 2. The van der Waals surface area contributed by atoms with E-state index in [1.807, 2.05) is 6.20 Å². The topological polar surface area (TPSA) is 73.6 Å². The van der Waals surface area contributed by atoms with Crippen LogP contribution in [0.4, 0.5) is 0 Å². The van der Waals surface area contributed by atoms with Gasteiger partial charge in [0, 0.05) is 43.5 Å². The standard InChI is InChI=1S/C13H20N2O2.CH2O2/c1-13(9-17-10-13)8-15-5-4-14-12(15)11-2-6-16-7-3-11;2-1-3/h4-5,11H,2-3,6-10H2,1H3;1H,(H,2,3). The van der Waals surface area contributed by atoms with E-state index in [0.717, 1.165) is 45.8 Å². The highest BCUT2D eigenvalue weighted by Gasteiger charge is 2.34. The molecule has 0 unspecified atom stereocenters. The van der Waals surface area contributed by atoms with Gasteiger partial charge in [0.2, 0.25) is 0 Å². The van der Waals surface area contributed by atoms with Crippen LogP contribution in [0, 0.1) is 5.41 Å². The lowest BCUT2D eigenvalue weighted by atomic mass is 9.88. The fourth-order valence-electron chi connectivity index (χ4n) is 2.72. The summed E-state index contributed by atoms with van der Waals surface area (Å²) in [5.74, 6) is 1.81. The van der Waals surface area contributed by atoms with Gasteiger partial charge in [-0.2, -0.15) is 0 Å². The second kappa shape index (κ2) is 6.85. The van der Waals surface area contributed by atoms with Gasteiger partial charge in [-0.25, -0.2) is 4.98 Å². The molecule has 20 heavy (non-hydrogen) atoms. The number of hydrogen-bond donors (Lipinski definition) is 1. The molecule has 2 fully saturated rings. The van der Waals surface area contributed by atoms with E-state index in [1.54, 1.807) is 0 Å². The number of aromatic nitrogens is 2. The van der Waals surface area contributed by atoms with Crippen LogP contribution in [-0.2, 0) is 20.8 Å². The van der Waals surface area contributed by atoms with Crippen LogP contribution in [0.25, 0.3) is 0 Å². The second-order valence-electron chi connectivity index (χ2n) is 5.71. The first kappa shape index (κ1) is 15.0. The van der Waals surface area contributed by atoms with E-state index in [1.165, 1.54) is 5.82 Å². The Morgan fingerprint density at radius 1 is 1.45 bits per heavy atom. The smallest absolute Gasteiger partial charge is 0.290 e. The molecular weight excluding hydrogens is 260 g/mol. The zero-order valence-electron chi connectivity index (χ0n) is 11.8. The molecule has 3 heterocycles. The van der Waals surface area contributed by atoms with Crippen molar-refractivity contribution >= 4 is 6.47 Å². The van der Waals surface area contributed by atoms with Crippen molar-refractivity contribution in [2.45, 2.75) is 32.2 Å². The summed E-state index contributed by atoms with van der Waals surface area (Å²) in [5.41, 5.74) is 0.306. The van der Waals surface area contributed by atoms with Crippen molar-refractivity contribution in [1.82, 2.24) is 9.55 Å². The van der Waals surface area contributed by atoms with Gasteiger partial charge in [0.05, 0.1) is 13.2 Å². The fraction of sp³-hybridized carbons (Fsp3) is 0.714. The van der Waals surface area contributed by atoms with E-state index in [2.05, 4.69) is 22.7 Å². The van der Waals surface area contributed by atoms with Crippen LogP contribution in [0.15, 0.2) is 12.4 Å². The summed E-state index contributed by atoms with van der Waals surface area (Å²) >= 11 is 0. The largest absolute Gasteiger partial charge is 0.483 e. The van der Waals surface area contributed by atoms with Gasteiger partial charge in [0.15, 0.2) is 0 Å². The van der Waals surface area contributed by atoms with Crippen LogP contribution < -0.4 is 0 Å². The maximum Gasteiger partial charge on any atom is 0.290 e. The third kappa shape index (κ3) is 3.58. The summed E-state index contributed by atoms with van der Waals surface area (Å²) in [6.45, 7) is 6.55. The van der Waals surface area contributed by atoms with Crippen molar-refractivity contribution in [2.75, 3.05) is 26.4 Å². The van der Waals surface area contributed by atoms with Crippen molar-refractivity contribution in [1.29, 1.82) is 0 Å². The van der Waals surface area contributed by atoms with E-state index in [4.69, 9.17) is 19.4 Å². The summed E-state index contributed by atoms with van der Waals surface area (Å²) < 4.78 is 13.1. The van der Waals surface area contributed by atoms with E-state index in [9.17, 15) is 0 Å². The Bertz CT molecular complexity index is 423. The Morgan fingerprint density at radius 2 is 2.10 bits per heavy atom. The van der Waals surface area contributed by atoms with Crippen LogP contribution >= 0.6 is 0 Å². The molecule has 1 aromatic heterocycles. The predicted octanol–water partition coefficient (Wildman–Crippen LogP) is 1.51. The zero-order valence-corrected chi connectivity index (χ0v) is 11.8. The SMILES string of the molecule is CC1(Cn2ccnc2C2CCOCC2)COC1.O=CO. The van der Waals surface area contributed by atoms with E-state index >= 15 is 0 Å². The summed E-state index contributed by atoms with van der Waals surface area (Å²) in [6.07, 6.45) is 6.23. The fourth-order valence-corrected chi connectivity index (χ4v) is 2.72. The first-order valence-corrected chi connectivity index (χ1v) is 6.93. The molecule has 2 aliphatic rings. The molecule has 6 heteroatoms. The minimum atomic E-state index is -0.250. The molecule has 0 amide bonds. The molecule has 112 valence electrons. The van der Waals surface area contributed by atoms with Crippen molar-refractivity contribution in [3.05, 3.63) is 18.2 Å². The monoisotopic (exact) mass is 282 g/mol. The number of carboxylic acid groups (broad SMARTS) is 1. The molecule has 0 radical (unpaired) electrons. The minimum Gasteiger partial charge on any atom is -0.483 e. The van der Waals surface area contributed by atoms with Gasteiger partial charge in [0.1, 0.15) is 5.82 Å². The lowest BCUT2D eigenvalue weighted by Crippen LogP contribution is -2.43. The Hall–Kier alpha value is -1.40. The van der Waals surface area contributed by atoms with Gasteiger partial charge < -0.3 is 19.1 Å². The van der Waals surface area contributed by atoms with Gasteiger partial charge >= 0.3 is 0 Å². The molecule has 6 nitrogen and oxygen atoms in total. The number of ether oxygens (including phenoxy) is 2. The summed E-state index contributed by atoms with van der Waals surface area (Å²) in [5, 5.41) is 6.89. The van der Waals surface area contributed by atoms with Crippen molar-refractivity contribution in [3.8, 4) is 0 Å². The van der Waals surface area contributed by atoms with Crippen molar-refractivity contribution < 1.29 is 19.4 Å². The number of hydrogen-bond acceptors (Lipinski definition) is 4. The lowest BCUT2D eigenvalue weighted by molar-refractivity contribution is -0.122. The summed E-state index contributed by atoms with van der Waals surface area (Å²) in [6, 6.07) is 0. The highest BCUT2D eigenvalue weighted by molar-refractivity contribution is 5.32. The molecule has 3 rings (SSSR count). The number of imidazole rings is 1. The van der Waals surface area contributed by atoms with Gasteiger partial charge in [-0.15, -0.1) is 0 Å². The maximum absolute atomic E-state index is 8.36. The third-order valence-electron chi connectivity index (χ3n) is 3.79. The Morgan fingerprint density at radius 3 is 2.65 bits per heavy atom. The van der Waals surface area contributed by atoms with Crippen LogP contribution in [0.5, 0.6) is 0 Å². The molecule has 2 saturated heterocycles. The molecule has 2 aliphatic heterocycles. The highest BCUT2D eigenvalue weighted by Crippen LogP contribution is 2.31. The predicted molar refractivity (Wildman–Crippen MR) is 72.6 cm³/mol. The first-order valence-electron chi connectivity index (χ1n) is 6.93. The molecule has 1 aromatic rings. The van der Waals surface area contributed by atoms with E-state index in [-0.39, 0.29) is 6.47 Å². The summed E-state index contributed by atoms with van der Waals surface area (Å²) in [7, 11) is 0. The normalized spacial score (nSPS) is 21.4. The third-order valence-corrected chi connectivity index (χ3v) is 3.79. The summed E-state index contributed by atoms with van der Waals surface area (Å²) in [4.78, 5) is 12.9. The molecule has 0 aromatic carbocycles. The minimum absolute atomic E-state index is 0.250. The Balaban J connectivity index is 0.000000452. The highest BCUT2D eigenvalue weighted by atomic mass is 16.5. The average molecular weight is 282 g/mol. The van der Waals surface area contributed by atoms with Crippen LogP contribution in [-0.4, -0.2) is 47.6 Å². The van der Waals surface area contributed by atoms with E-state index < -0.39 is 0 Å². The zero-order chi connectivity index (χ0) is 14.4. The Labute approximate surface area is 118 Å². The van der Waals surface area contributed by atoms with Crippen molar-refractivity contribution in [2.24, 2.45) is 5.41 Å². The maximum atomic E-state index is 8.36. The molecule has 0 spiro atoms. The first-order chi connectivity index (χ1) is 9.68. The second-order valence-corrected chi connectivity index (χ2v) is 5.71. The molecule has 0 aliphatic carbocycles. The molecule has 0 atom stereocenters. The van der Waals surface area contributed by atoms with Gasteiger partial charge in [-0.05, 0) is 12.8 Å². The average Bonchev–Trinajstić information content (AvgIpc) is 2.87.